The molecule has 27 heavy (non-hydrogen) atoms. The van der Waals surface area contributed by atoms with Crippen LogP contribution in [0.25, 0.3) is 6.08 Å². The van der Waals surface area contributed by atoms with Gasteiger partial charge in [-0.05, 0) is 38.3 Å². The highest BCUT2D eigenvalue weighted by molar-refractivity contribution is 6.17. The molecule has 1 aliphatic rings. The number of carbonyl (C=O) groups excluding carboxylic acids is 1. The number of amides is 1. The highest BCUT2D eigenvalue weighted by Crippen LogP contribution is 2.22. The van der Waals surface area contributed by atoms with Gasteiger partial charge in [0.05, 0.1) is 0 Å². The zero-order valence-electron chi connectivity index (χ0n) is 18.2. The summed E-state index contributed by atoms with van der Waals surface area (Å²) in [5.41, 5.74) is 3.13. The molecule has 0 aromatic heterocycles. The van der Waals surface area contributed by atoms with Crippen molar-refractivity contribution in [1.29, 1.82) is 0 Å². The molecule has 3 heteroatoms. The Balaban J connectivity index is 0.000000387. The maximum atomic E-state index is 12.3. The van der Waals surface area contributed by atoms with E-state index in [-0.39, 0.29) is 5.91 Å². The molecule has 1 aliphatic heterocycles. The molecule has 0 saturated carbocycles. The highest BCUT2D eigenvalue weighted by atomic mass is 16.2. The van der Waals surface area contributed by atoms with E-state index in [1.54, 1.807) is 4.90 Å². The Labute approximate surface area is 166 Å². The molecule has 0 spiro atoms. The van der Waals surface area contributed by atoms with E-state index >= 15 is 0 Å². The second kappa shape index (κ2) is 12.5. The fourth-order valence-electron chi connectivity index (χ4n) is 3.36. The zero-order valence-corrected chi connectivity index (χ0v) is 18.2. The molecule has 2 rings (SSSR count). The van der Waals surface area contributed by atoms with E-state index in [9.17, 15) is 4.79 Å². The Morgan fingerprint density at radius 1 is 1.07 bits per heavy atom. The van der Waals surface area contributed by atoms with E-state index in [0.29, 0.717) is 13.0 Å². The van der Waals surface area contributed by atoms with Crippen molar-refractivity contribution < 1.29 is 4.79 Å². The summed E-state index contributed by atoms with van der Waals surface area (Å²) in [4.78, 5) is 18.5. The molecule has 1 amide bonds. The van der Waals surface area contributed by atoms with E-state index in [1.807, 2.05) is 32.1 Å². The van der Waals surface area contributed by atoms with Gasteiger partial charge in [0.1, 0.15) is 5.84 Å². The molecule has 0 radical (unpaired) electrons. The van der Waals surface area contributed by atoms with Gasteiger partial charge in [-0.2, -0.15) is 0 Å². The maximum Gasteiger partial charge on any atom is 0.255 e. The van der Waals surface area contributed by atoms with Crippen LogP contribution in [0, 0.1) is 12.8 Å². The molecule has 0 N–H and O–H groups in total. The largest absolute Gasteiger partial charge is 0.297 e. The minimum Gasteiger partial charge on any atom is -0.297 e. The molecule has 1 aromatic rings. The van der Waals surface area contributed by atoms with Gasteiger partial charge in [0.25, 0.3) is 5.91 Å². The van der Waals surface area contributed by atoms with Gasteiger partial charge in [0.2, 0.25) is 0 Å². The number of benzene rings is 1. The molecule has 1 fully saturated rings. The van der Waals surface area contributed by atoms with Gasteiger partial charge < -0.3 is 0 Å². The molecule has 0 atom stereocenters. The van der Waals surface area contributed by atoms with Crippen LogP contribution in [0.1, 0.15) is 77.8 Å². The van der Waals surface area contributed by atoms with Gasteiger partial charge in [-0.1, -0.05) is 76.3 Å². The minimum absolute atomic E-state index is 0.0928. The zero-order chi connectivity index (χ0) is 20.2. The van der Waals surface area contributed by atoms with Crippen molar-refractivity contribution in [3.05, 3.63) is 41.0 Å². The summed E-state index contributed by atoms with van der Waals surface area (Å²) in [6, 6.07) is 8.20. The predicted octanol–water partition coefficient (Wildman–Crippen LogP) is 6.27. The fraction of sp³-hybridized carbons (Fsp3) is 0.583. The number of carbonyl (C=O) groups is 1. The van der Waals surface area contributed by atoms with E-state index < -0.39 is 0 Å². The second-order valence-electron chi connectivity index (χ2n) is 7.17. The molecule has 0 aliphatic carbocycles. The maximum absolute atomic E-state index is 12.3. The predicted molar refractivity (Wildman–Crippen MR) is 118 cm³/mol. The summed E-state index contributed by atoms with van der Waals surface area (Å²) in [5.74, 6) is 1.99. The van der Waals surface area contributed by atoms with Crippen molar-refractivity contribution in [3.8, 4) is 0 Å². The van der Waals surface area contributed by atoms with Crippen LogP contribution < -0.4 is 0 Å². The van der Waals surface area contributed by atoms with Gasteiger partial charge >= 0.3 is 0 Å². The second-order valence-corrected chi connectivity index (χ2v) is 7.17. The highest BCUT2D eigenvalue weighted by Gasteiger charge is 2.30. The van der Waals surface area contributed by atoms with Crippen LogP contribution in [0.3, 0.4) is 0 Å². The van der Waals surface area contributed by atoms with Crippen LogP contribution in [0.5, 0.6) is 0 Å². The third kappa shape index (κ3) is 7.32. The Morgan fingerprint density at radius 3 is 2.15 bits per heavy atom. The van der Waals surface area contributed by atoms with Crippen molar-refractivity contribution in [1.82, 2.24) is 4.90 Å². The summed E-state index contributed by atoms with van der Waals surface area (Å²) >= 11 is 0. The number of aryl methyl sites for hydroxylation is 1. The fourth-order valence-corrected chi connectivity index (χ4v) is 3.36. The SMILES string of the molecule is CCCC(CC)CC.CCN=C1C/C(=C/c2ccc(C)cc2)C(=O)N1CC. The first-order chi connectivity index (χ1) is 13.0. The van der Waals surface area contributed by atoms with Crippen molar-refractivity contribution >= 4 is 17.8 Å². The molecular formula is C24H38N2O. The number of likely N-dealkylation sites (tertiary alicyclic amines) is 1. The summed E-state index contributed by atoms with van der Waals surface area (Å²) in [6.07, 6.45) is 8.13. The number of nitrogens with zero attached hydrogens (tertiary/aromatic N) is 2. The normalized spacial score (nSPS) is 17.0. The lowest BCUT2D eigenvalue weighted by Crippen LogP contribution is -2.29. The topological polar surface area (TPSA) is 32.7 Å². The van der Waals surface area contributed by atoms with Crippen molar-refractivity contribution in [2.24, 2.45) is 10.9 Å². The average molecular weight is 371 g/mol. The van der Waals surface area contributed by atoms with Gasteiger partial charge in [-0.25, -0.2) is 0 Å². The minimum atomic E-state index is 0.0928. The third-order valence-electron chi connectivity index (χ3n) is 5.11. The Hall–Kier alpha value is -1.90. The average Bonchev–Trinajstić information content (AvgIpc) is 2.97. The van der Waals surface area contributed by atoms with E-state index in [1.165, 1.54) is 31.2 Å². The Morgan fingerprint density at radius 2 is 1.70 bits per heavy atom. The number of likely N-dealkylation sites (N-methyl/N-ethyl adjacent to an activating group) is 1. The number of hydrogen-bond donors (Lipinski definition) is 0. The smallest absolute Gasteiger partial charge is 0.255 e. The number of aliphatic imine (C=N–C) groups is 1. The summed E-state index contributed by atoms with van der Waals surface area (Å²) < 4.78 is 0. The first-order valence-electron chi connectivity index (χ1n) is 10.6. The molecule has 1 heterocycles. The van der Waals surface area contributed by atoms with E-state index in [2.05, 4.69) is 44.8 Å². The summed E-state index contributed by atoms with van der Waals surface area (Å²) in [5, 5.41) is 0. The van der Waals surface area contributed by atoms with Crippen LogP contribution in [0.4, 0.5) is 0 Å². The molecule has 1 aromatic carbocycles. The lowest BCUT2D eigenvalue weighted by molar-refractivity contribution is -0.122. The van der Waals surface area contributed by atoms with Crippen molar-refractivity contribution in [2.45, 2.75) is 73.6 Å². The van der Waals surface area contributed by atoms with Gasteiger partial charge in [-0.15, -0.1) is 0 Å². The lowest BCUT2D eigenvalue weighted by Gasteiger charge is -2.12. The van der Waals surface area contributed by atoms with Crippen LogP contribution >= 0.6 is 0 Å². The molecule has 1 saturated heterocycles. The van der Waals surface area contributed by atoms with Gasteiger partial charge in [0.15, 0.2) is 0 Å². The van der Waals surface area contributed by atoms with Crippen LogP contribution in [0.15, 0.2) is 34.8 Å². The van der Waals surface area contributed by atoms with E-state index in [4.69, 9.17) is 0 Å². The number of amidine groups is 1. The Bertz CT molecular complexity index is 624. The van der Waals surface area contributed by atoms with Crippen LogP contribution in [0.2, 0.25) is 0 Å². The number of rotatable bonds is 7. The molecule has 0 unspecified atom stereocenters. The third-order valence-corrected chi connectivity index (χ3v) is 5.11. The first kappa shape index (κ1) is 23.1. The van der Waals surface area contributed by atoms with Crippen LogP contribution in [-0.2, 0) is 4.79 Å². The van der Waals surface area contributed by atoms with Crippen LogP contribution in [-0.4, -0.2) is 29.7 Å². The first-order valence-corrected chi connectivity index (χ1v) is 10.6. The number of hydrogen-bond acceptors (Lipinski definition) is 2. The molecular weight excluding hydrogens is 332 g/mol. The quantitative estimate of drug-likeness (QED) is 0.520. The van der Waals surface area contributed by atoms with Crippen molar-refractivity contribution in [3.63, 3.8) is 0 Å². The molecule has 150 valence electrons. The Kier molecular flexibility index (Phi) is 10.7. The van der Waals surface area contributed by atoms with Gasteiger partial charge in [0, 0.05) is 25.1 Å². The molecule has 0 bridgehead atoms. The lowest BCUT2D eigenvalue weighted by atomic mass is 9.98. The standard InChI is InChI=1S/C16H20N2O.C8H18/c1-4-17-15-11-14(16(19)18(15)5-2)10-13-8-6-12(3)7-9-13;1-4-7-8(5-2)6-3/h6-10H,4-5,11H2,1-3H3;8H,4-7H2,1-3H3/b14-10-,17-15?;. The molecule has 3 nitrogen and oxygen atoms in total. The van der Waals surface area contributed by atoms with E-state index in [0.717, 1.165) is 29.4 Å². The summed E-state index contributed by atoms with van der Waals surface area (Å²) in [6.45, 7) is 14.3. The summed E-state index contributed by atoms with van der Waals surface area (Å²) in [7, 11) is 0. The monoisotopic (exact) mass is 370 g/mol. The van der Waals surface area contributed by atoms with Gasteiger partial charge in [-0.3, -0.25) is 14.7 Å². The van der Waals surface area contributed by atoms with Crippen molar-refractivity contribution in [2.75, 3.05) is 13.1 Å².